The SMILES string of the molecule is O=C1/C(=C/c2ccccc2)N=C(c2ccc(Cl)cc2)N1c1ccc(N2CCOCC2)cc1. The zero-order valence-corrected chi connectivity index (χ0v) is 18.2. The molecule has 5 nitrogen and oxygen atoms in total. The number of hydrogen-bond acceptors (Lipinski definition) is 4. The lowest BCUT2D eigenvalue weighted by Crippen LogP contribution is -2.36. The van der Waals surface area contributed by atoms with Crippen LogP contribution in [0.2, 0.25) is 5.02 Å². The molecular weight excluding hydrogens is 422 g/mol. The summed E-state index contributed by atoms with van der Waals surface area (Å²) in [6.45, 7) is 3.19. The summed E-state index contributed by atoms with van der Waals surface area (Å²) < 4.78 is 5.45. The van der Waals surface area contributed by atoms with Crippen molar-refractivity contribution in [2.75, 3.05) is 36.1 Å². The van der Waals surface area contributed by atoms with Gasteiger partial charge in [0, 0.05) is 29.4 Å². The zero-order valence-electron chi connectivity index (χ0n) is 17.4. The summed E-state index contributed by atoms with van der Waals surface area (Å²) in [5.41, 5.74) is 4.06. The quantitative estimate of drug-likeness (QED) is 0.532. The van der Waals surface area contributed by atoms with Gasteiger partial charge in [0.25, 0.3) is 5.91 Å². The highest BCUT2D eigenvalue weighted by Gasteiger charge is 2.32. The van der Waals surface area contributed by atoms with E-state index in [1.54, 1.807) is 4.90 Å². The minimum absolute atomic E-state index is 0.155. The van der Waals surface area contributed by atoms with E-state index in [0.717, 1.165) is 48.8 Å². The van der Waals surface area contributed by atoms with E-state index in [0.29, 0.717) is 16.6 Å². The molecule has 0 aliphatic carbocycles. The van der Waals surface area contributed by atoms with Crippen LogP contribution in [0.15, 0.2) is 89.6 Å². The van der Waals surface area contributed by atoms with Gasteiger partial charge >= 0.3 is 0 Å². The zero-order chi connectivity index (χ0) is 21.9. The molecule has 1 fully saturated rings. The van der Waals surface area contributed by atoms with Crippen LogP contribution in [0.4, 0.5) is 11.4 Å². The molecule has 0 N–H and O–H groups in total. The highest BCUT2D eigenvalue weighted by Crippen LogP contribution is 2.30. The lowest BCUT2D eigenvalue weighted by molar-refractivity contribution is -0.113. The Hall–Kier alpha value is -3.41. The van der Waals surface area contributed by atoms with Crippen molar-refractivity contribution >= 4 is 40.8 Å². The van der Waals surface area contributed by atoms with Gasteiger partial charge in [-0.15, -0.1) is 0 Å². The van der Waals surface area contributed by atoms with E-state index in [9.17, 15) is 4.79 Å². The first-order chi connectivity index (χ1) is 15.7. The van der Waals surface area contributed by atoms with Crippen LogP contribution in [0.3, 0.4) is 0 Å². The summed E-state index contributed by atoms with van der Waals surface area (Å²) in [5.74, 6) is 0.436. The van der Waals surface area contributed by atoms with Gasteiger partial charge in [-0.05, 0) is 60.2 Å². The third-order valence-corrected chi connectivity index (χ3v) is 5.80. The Bertz CT molecular complexity index is 1170. The number of aliphatic imine (C=N–C) groups is 1. The number of anilines is 2. The third kappa shape index (κ3) is 4.17. The van der Waals surface area contributed by atoms with Crippen molar-refractivity contribution < 1.29 is 9.53 Å². The van der Waals surface area contributed by atoms with Crippen molar-refractivity contribution in [1.82, 2.24) is 0 Å². The van der Waals surface area contributed by atoms with Crippen LogP contribution >= 0.6 is 11.6 Å². The average Bonchev–Trinajstić information content (AvgIpc) is 3.16. The molecule has 1 amide bonds. The van der Waals surface area contributed by atoms with Crippen LogP contribution < -0.4 is 9.80 Å². The Kier molecular flexibility index (Phi) is 5.75. The molecule has 3 aromatic carbocycles. The standard InChI is InChI=1S/C26H22ClN3O2/c27-21-8-6-20(7-9-21)25-28-24(18-19-4-2-1-3-5-19)26(31)30(25)23-12-10-22(11-13-23)29-14-16-32-17-15-29/h1-13,18H,14-17H2/b24-18-. The van der Waals surface area contributed by atoms with Crippen molar-refractivity contribution in [1.29, 1.82) is 0 Å². The minimum Gasteiger partial charge on any atom is -0.378 e. The lowest BCUT2D eigenvalue weighted by atomic mass is 10.1. The van der Waals surface area contributed by atoms with E-state index >= 15 is 0 Å². The molecule has 2 aliphatic rings. The molecular formula is C26H22ClN3O2. The normalized spacial score (nSPS) is 17.7. The summed E-state index contributed by atoms with van der Waals surface area (Å²) >= 11 is 6.08. The third-order valence-electron chi connectivity index (χ3n) is 5.55. The minimum atomic E-state index is -0.155. The second kappa shape index (κ2) is 8.99. The number of hydrogen-bond donors (Lipinski definition) is 0. The molecule has 6 heteroatoms. The Morgan fingerprint density at radius 1 is 0.844 bits per heavy atom. The van der Waals surface area contributed by atoms with Gasteiger partial charge in [0.2, 0.25) is 0 Å². The van der Waals surface area contributed by atoms with Crippen molar-refractivity contribution in [2.45, 2.75) is 0 Å². The van der Waals surface area contributed by atoms with E-state index in [-0.39, 0.29) is 5.91 Å². The van der Waals surface area contributed by atoms with E-state index in [4.69, 9.17) is 21.3 Å². The molecule has 3 aromatic rings. The number of halogens is 1. The van der Waals surface area contributed by atoms with Crippen molar-refractivity contribution in [3.8, 4) is 0 Å². The molecule has 5 rings (SSSR count). The Balaban J connectivity index is 1.51. The second-order valence-corrected chi connectivity index (χ2v) is 8.08. The van der Waals surface area contributed by atoms with Crippen LogP contribution in [0, 0.1) is 0 Å². The molecule has 0 aromatic heterocycles. The molecule has 0 spiro atoms. The van der Waals surface area contributed by atoms with Crippen LogP contribution in [0.25, 0.3) is 6.08 Å². The lowest BCUT2D eigenvalue weighted by Gasteiger charge is -2.29. The molecule has 0 bridgehead atoms. The number of amides is 1. The number of morpholine rings is 1. The fraction of sp³-hybridized carbons (Fsp3) is 0.154. The van der Waals surface area contributed by atoms with Gasteiger partial charge in [0.1, 0.15) is 11.5 Å². The molecule has 1 saturated heterocycles. The van der Waals surface area contributed by atoms with E-state index < -0.39 is 0 Å². The Morgan fingerprint density at radius 3 is 2.19 bits per heavy atom. The number of ether oxygens (including phenoxy) is 1. The first kappa shape index (κ1) is 20.5. The summed E-state index contributed by atoms with van der Waals surface area (Å²) in [6.07, 6.45) is 1.82. The largest absolute Gasteiger partial charge is 0.378 e. The van der Waals surface area contributed by atoms with Crippen LogP contribution in [-0.2, 0) is 9.53 Å². The maximum absolute atomic E-state index is 13.4. The monoisotopic (exact) mass is 443 g/mol. The maximum atomic E-state index is 13.4. The van der Waals surface area contributed by atoms with Gasteiger partial charge in [-0.1, -0.05) is 41.9 Å². The summed E-state index contributed by atoms with van der Waals surface area (Å²) in [6, 6.07) is 25.2. The summed E-state index contributed by atoms with van der Waals surface area (Å²) in [4.78, 5) is 22.1. The van der Waals surface area contributed by atoms with Crippen molar-refractivity contribution in [2.24, 2.45) is 4.99 Å². The number of rotatable bonds is 4. The molecule has 32 heavy (non-hydrogen) atoms. The highest BCUT2D eigenvalue weighted by molar-refractivity contribution is 6.34. The molecule has 0 saturated carbocycles. The van der Waals surface area contributed by atoms with Gasteiger partial charge < -0.3 is 9.64 Å². The first-order valence-corrected chi connectivity index (χ1v) is 11.0. The van der Waals surface area contributed by atoms with Gasteiger partial charge in [0.05, 0.1) is 18.9 Å². The molecule has 0 unspecified atom stereocenters. The molecule has 160 valence electrons. The molecule has 0 radical (unpaired) electrons. The van der Waals surface area contributed by atoms with Gasteiger partial charge in [0.15, 0.2) is 0 Å². The summed E-state index contributed by atoms with van der Waals surface area (Å²) in [5, 5.41) is 0.639. The van der Waals surface area contributed by atoms with E-state index in [2.05, 4.69) is 4.90 Å². The van der Waals surface area contributed by atoms with Gasteiger partial charge in [-0.25, -0.2) is 4.99 Å². The fourth-order valence-corrected chi connectivity index (χ4v) is 4.02. The van der Waals surface area contributed by atoms with Crippen molar-refractivity contribution in [3.05, 3.63) is 101 Å². The predicted molar refractivity (Wildman–Crippen MR) is 129 cm³/mol. The first-order valence-electron chi connectivity index (χ1n) is 10.6. The summed E-state index contributed by atoms with van der Waals surface area (Å²) in [7, 11) is 0. The number of carbonyl (C=O) groups is 1. The van der Waals surface area contributed by atoms with Crippen LogP contribution in [-0.4, -0.2) is 38.0 Å². The number of benzene rings is 3. The molecule has 2 aliphatic heterocycles. The van der Waals surface area contributed by atoms with Crippen LogP contribution in [0.5, 0.6) is 0 Å². The maximum Gasteiger partial charge on any atom is 0.282 e. The van der Waals surface area contributed by atoms with Crippen LogP contribution in [0.1, 0.15) is 11.1 Å². The molecule has 0 atom stereocenters. The Labute approximate surface area is 192 Å². The topological polar surface area (TPSA) is 45.1 Å². The Morgan fingerprint density at radius 2 is 1.50 bits per heavy atom. The van der Waals surface area contributed by atoms with E-state index in [1.807, 2.05) is 84.9 Å². The van der Waals surface area contributed by atoms with E-state index in [1.165, 1.54) is 0 Å². The average molecular weight is 444 g/mol. The van der Waals surface area contributed by atoms with Gasteiger partial charge in [-0.2, -0.15) is 0 Å². The smallest absolute Gasteiger partial charge is 0.282 e. The highest BCUT2D eigenvalue weighted by atomic mass is 35.5. The van der Waals surface area contributed by atoms with Gasteiger partial charge in [-0.3, -0.25) is 9.69 Å². The number of carbonyl (C=O) groups excluding carboxylic acids is 1. The fourth-order valence-electron chi connectivity index (χ4n) is 3.89. The predicted octanol–water partition coefficient (Wildman–Crippen LogP) is 5.01. The number of amidine groups is 1. The number of nitrogens with zero attached hydrogens (tertiary/aromatic N) is 3. The second-order valence-electron chi connectivity index (χ2n) is 7.64. The van der Waals surface area contributed by atoms with Crippen molar-refractivity contribution in [3.63, 3.8) is 0 Å². The molecule has 2 heterocycles.